The van der Waals surface area contributed by atoms with Crippen molar-refractivity contribution in [1.29, 1.82) is 0 Å². The van der Waals surface area contributed by atoms with E-state index < -0.39 is 0 Å². The van der Waals surface area contributed by atoms with E-state index in [1.807, 2.05) is 24.3 Å². The topological polar surface area (TPSA) is 12.0 Å². The lowest BCUT2D eigenvalue weighted by atomic mass is 9.95. The Morgan fingerprint density at radius 1 is 1.05 bits per heavy atom. The Morgan fingerprint density at radius 2 is 1.74 bits per heavy atom. The van der Waals surface area contributed by atoms with Crippen LogP contribution in [0.1, 0.15) is 29.7 Å². The number of benzene rings is 2. The number of hydrogen-bond acceptors (Lipinski definition) is 1. The molecule has 1 nitrogen and oxygen atoms in total. The summed E-state index contributed by atoms with van der Waals surface area (Å²) in [4.78, 5) is 0. The fraction of sp³-hybridized carbons (Fsp3) is 0.294. The van der Waals surface area contributed by atoms with E-state index in [1.165, 1.54) is 17.2 Å². The van der Waals surface area contributed by atoms with Crippen molar-refractivity contribution in [3.8, 4) is 0 Å². The molecule has 0 bridgehead atoms. The molecule has 2 heteroatoms. The summed E-state index contributed by atoms with van der Waals surface area (Å²) in [5.74, 6) is -0.126. The fourth-order valence-electron chi connectivity index (χ4n) is 2.40. The van der Waals surface area contributed by atoms with Gasteiger partial charge in [-0.25, -0.2) is 4.39 Å². The number of rotatable bonds is 5. The van der Waals surface area contributed by atoms with Gasteiger partial charge in [0.25, 0.3) is 0 Å². The van der Waals surface area contributed by atoms with E-state index in [0.717, 1.165) is 12.1 Å². The van der Waals surface area contributed by atoms with Crippen molar-refractivity contribution in [2.45, 2.75) is 26.3 Å². The summed E-state index contributed by atoms with van der Waals surface area (Å²) in [6.45, 7) is 5.04. The smallest absolute Gasteiger partial charge is 0.126 e. The van der Waals surface area contributed by atoms with Crippen LogP contribution in [0.25, 0.3) is 0 Å². The van der Waals surface area contributed by atoms with Crippen molar-refractivity contribution in [3.63, 3.8) is 0 Å². The van der Waals surface area contributed by atoms with Gasteiger partial charge in [0.2, 0.25) is 0 Å². The van der Waals surface area contributed by atoms with E-state index in [4.69, 9.17) is 0 Å². The van der Waals surface area contributed by atoms with Gasteiger partial charge in [0, 0.05) is 6.04 Å². The highest BCUT2D eigenvalue weighted by Crippen LogP contribution is 2.22. The molecule has 0 fully saturated rings. The predicted octanol–water partition coefficient (Wildman–Crippen LogP) is 4.03. The zero-order chi connectivity index (χ0) is 13.7. The Bertz CT molecular complexity index is 536. The third kappa shape index (κ3) is 3.42. The first kappa shape index (κ1) is 13.8. The van der Waals surface area contributed by atoms with Crippen molar-refractivity contribution in [2.24, 2.45) is 0 Å². The van der Waals surface area contributed by atoms with Crippen LogP contribution in [0.5, 0.6) is 0 Å². The molecule has 0 aliphatic heterocycles. The molecule has 0 saturated heterocycles. The van der Waals surface area contributed by atoms with Crippen LogP contribution >= 0.6 is 0 Å². The zero-order valence-electron chi connectivity index (χ0n) is 11.5. The van der Waals surface area contributed by atoms with Gasteiger partial charge in [-0.1, -0.05) is 49.4 Å². The standard InChI is InChI=1S/C17H20FN/c1-3-19-17(15-10-6-4-8-13(15)2)12-14-9-5-7-11-16(14)18/h4-11,17,19H,3,12H2,1-2H3. The molecule has 2 aromatic carbocycles. The quantitative estimate of drug-likeness (QED) is 0.852. The molecule has 0 aliphatic carbocycles. The second-order valence-corrected chi connectivity index (χ2v) is 4.76. The summed E-state index contributed by atoms with van der Waals surface area (Å²) in [5, 5.41) is 3.45. The number of hydrogen-bond donors (Lipinski definition) is 1. The molecule has 0 amide bonds. The van der Waals surface area contributed by atoms with Crippen LogP contribution < -0.4 is 5.32 Å². The Kier molecular flexibility index (Phi) is 4.69. The van der Waals surface area contributed by atoms with E-state index >= 15 is 0 Å². The number of aryl methyl sites for hydroxylation is 1. The molecule has 0 radical (unpaired) electrons. The lowest BCUT2D eigenvalue weighted by molar-refractivity contribution is 0.526. The second kappa shape index (κ2) is 6.48. The van der Waals surface area contributed by atoms with Gasteiger partial charge in [0.1, 0.15) is 5.82 Å². The summed E-state index contributed by atoms with van der Waals surface area (Å²) in [6.07, 6.45) is 0.672. The third-order valence-electron chi connectivity index (χ3n) is 3.40. The van der Waals surface area contributed by atoms with Crippen molar-refractivity contribution >= 4 is 0 Å². The van der Waals surface area contributed by atoms with Crippen LogP contribution in [0.15, 0.2) is 48.5 Å². The summed E-state index contributed by atoms with van der Waals surface area (Å²) in [5.41, 5.74) is 3.24. The minimum atomic E-state index is -0.126. The normalized spacial score (nSPS) is 12.4. The van der Waals surface area contributed by atoms with Gasteiger partial charge < -0.3 is 5.32 Å². The molecule has 1 atom stereocenters. The molecule has 2 aromatic rings. The summed E-state index contributed by atoms with van der Waals surface area (Å²) >= 11 is 0. The summed E-state index contributed by atoms with van der Waals surface area (Å²) in [7, 11) is 0. The first-order valence-corrected chi connectivity index (χ1v) is 6.74. The van der Waals surface area contributed by atoms with Crippen LogP contribution in [-0.4, -0.2) is 6.54 Å². The Morgan fingerprint density at radius 3 is 2.42 bits per heavy atom. The average Bonchev–Trinajstić information content (AvgIpc) is 2.41. The van der Waals surface area contributed by atoms with E-state index in [0.29, 0.717) is 6.42 Å². The lowest BCUT2D eigenvalue weighted by Gasteiger charge is -2.20. The minimum Gasteiger partial charge on any atom is -0.310 e. The van der Waals surface area contributed by atoms with Crippen LogP contribution in [0, 0.1) is 12.7 Å². The van der Waals surface area contributed by atoms with E-state index in [2.05, 4.69) is 31.3 Å². The highest BCUT2D eigenvalue weighted by molar-refractivity contribution is 5.31. The Labute approximate surface area is 114 Å². The Balaban J connectivity index is 2.27. The summed E-state index contributed by atoms with van der Waals surface area (Å²) < 4.78 is 13.8. The summed E-state index contributed by atoms with van der Waals surface area (Å²) in [6, 6.07) is 15.4. The van der Waals surface area contributed by atoms with Crippen LogP contribution in [-0.2, 0) is 6.42 Å². The van der Waals surface area contributed by atoms with Crippen LogP contribution in [0.4, 0.5) is 4.39 Å². The van der Waals surface area contributed by atoms with Gasteiger partial charge in [-0.15, -0.1) is 0 Å². The van der Waals surface area contributed by atoms with Crippen molar-refractivity contribution in [3.05, 3.63) is 71.0 Å². The van der Waals surface area contributed by atoms with E-state index in [1.54, 1.807) is 6.07 Å². The van der Waals surface area contributed by atoms with Gasteiger partial charge in [0.15, 0.2) is 0 Å². The molecule has 0 aromatic heterocycles. The van der Waals surface area contributed by atoms with E-state index in [9.17, 15) is 4.39 Å². The maximum absolute atomic E-state index is 13.8. The first-order chi connectivity index (χ1) is 9.22. The molecule has 100 valence electrons. The fourth-order valence-corrected chi connectivity index (χ4v) is 2.40. The highest BCUT2D eigenvalue weighted by atomic mass is 19.1. The van der Waals surface area contributed by atoms with Gasteiger partial charge in [-0.2, -0.15) is 0 Å². The van der Waals surface area contributed by atoms with Crippen molar-refractivity contribution in [2.75, 3.05) is 6.54 Å². The average molecular weight is 257 g/mol. The lowest BCUT2D eigenvalue weighted by Crippen LogP contribution is -2.24. The van der Waals surface area contributed by atoms with Crippen molar-refractivity contribution in [1.82, 2.24) is 5.32 Å². The van der Waals surface area contributed by atoms with Gasteiger partial charge >= 0.3 is 0 Å². The number of nitrogens with one attached hydrogen (secondary N) is 1. The number of halogens is 1. The molecule has 1 N–H and O–H groups in total. The Hall–Kier alpha value is -1.67. The molecule has 0 aliphatic rings. The monoisotopic (exact) mass is 257 g/mol. The molecular formula is C17H20FN. The molecule has 0 saturated carbocycles. The van der Waals surface area contributed by atoms with Gasteiger partial charge in [0.05, 0.1) is 0 Å². The SMILES string of the molecule is CCNC(Cc1ccccc1F)c1ccccc1C. The molecule has 2 rings (SSSR count). The van der Waals surface area contributed by atoms with Gasteiger partial charge in [-0.05, 0) is 42.6 Å². The zero-order valence-corrected chi connectivity index (χ0v) is 11.5. The molecule has 19 heavy (non-hydrogen) atoms. The van der Waals surface area contributed by atoms with Gasteiger partial charge in [-0.3, -0.25) is 0 Å². The molecular weight excluding hydrogens is 237 g/mol. The minimum absolute atomic E-state index is 0.126. The highest BCUT2D eigenvalue weighted by Gasteiger charge is 2.14. The van der Waals surface area contributed by atoms with Crippen molar-refractivity contribution < 1.29 is 4.39 Å². The predicted molar refractivity (Wildman–Crippen MR) is 77.7 cm³/mol. The molecule has 0 spiro atoms. The second-order valence-electron chi connectivity index (χ2n) is 4.76. The largest absolute Gasteiger partial charge is 0.310 e. The first-order valence-electron chi connectivity index (χ1n) is 6.74. The maximum atomic E-state index is 13.8. The van der Waals surface area contributed by atoms with E-state index in [-0.39, 0.29) is 11.9 Å². The molecule has 0 heterocycles. The molecule has 1 unspecified atom stereocenters. The third-order valence-corrected chi connectivity index (χ3v) is 3.40. The van der Waals surface area contributed by atoms with Crippen LogP contribution in [0.3, 0.4) is 0 Å². The maximum Gasteiger partial charge on any atom is 0.126 e. The van der Waals surface area contributed by atoms with Crippen LogP contribution in [0.2, 0.25) is 0 Å². The number of likely N-dealkylation sites (N-methyl/N-ethyl adjacent to an activating group) is 1.